The number of fused-ring (bicyclic) bond motifs is 1. The molecule has 5 nitrogen and oxygen atoms in total. The minimum absolute atomic E-state index is 0.629. The molecule has 0 radical (unpaired) electrons. The maximum Gasteiger partial charge on any atom is 0.186 e. The average molecular weight is 358 g/mol. The molecule has 1 aliphatic heterocycles. The number of nitrogens with zero attached hydrogens (tertiary/aromatic N) is 3. The third kappa shape index (κ3) is 3.22. The fourth-order valence-corrected chi connectivity index (χ4v) is 4.06. The lowest BCUT2D eigenvalue weighted by Gasteiger charge is -2.36. The van der Waals surface area contributed by atoms with Crippen LogP contribution >= 0.6 is 23.6 Å². The van der Waals surface area contributed by atoms with Gasteiger partial charge in [0.15, 0.2) is 10.2 Å². The van der Waals surface area contributed by atoms with Crippen LogP contribution in [0.2, 0.25) is 0 Å². The molecule has 3 heterocycles. The summed E-state index contributed by atoms with van der Waals surface area (Å²) in [4.78, 5) is 9.30. The molecule has 1 N–H and O–H groups in total. The van der Waals surface area contributed by atoms with Gasteiger partial charge >= 0.3 is 0 Å². The molecule has 1 fully saturated rings. The molecule has 0 bridgehead atoms. The van der Waals surface area contributed by atoms with Gasteiger partial charge in [-0.05, 0) is 36.5 Å². The van der Waals surface area contributed by atoms with Gasteiger partial charge in [-0.25, -0.2) is 4.98 Å². The van der Waals surface area contributed by atoms with E-state index < -0.39 is 0 Å². The monoisotopic (exact) mass is 358 g/mol. The molecule has 0 amide bonds. The lowest BCUT2D eigenvalue weighted by Crippen LogP contribution is -2.51. The van der Waals surface area contributed by atoms with E-state index in [1.807, 2.05) is 18.2 Å². The van der Waals surface area contributed by atoms with Crippen molar-refractivity contribution in [2.45, 2.75) is 6.54 Å². The zero-order valence-electron chi connectivity index (χ0n) is 13.1. The SMILES string of the molecule is S=C(NCc1ccco1)N1CCN(c2nc3ccccc3s2)CC1. The van der Waals surface area contributed by atoms with Gasteiger partial charge in [-0.15, -0.1) is 0 Å². The van der Waals surface area contributed by atoms with Gasteiger partial charge in [-0.2, -0.15) is 0 Å². The fraction of sp³-hybridized carbons (Fsp3) is 0.294. The Morgan fingerprint density at radius 2 is 2.00 bits per heavy atom. The van der Waals surface area contributed by atoms with E-state index in [1.54, 1.807) is 17.6 Å². The van der Waals surface area contributed by atoms with E-state index >= 15 is 0 Å². The van der Waals surface area contributed by atoms with Crippen LogP contribution in [0.25, 0.3) is 10.2 Å². The number of benzene rings is 1. The summed E-state index contributed by atoms with van der Waals surface area (Å²) in [6, 6.07) is 12.1. The molecule has 2 aromatic heterocycles. The quantitative estimate of drug-likeness (QED) is 0.726. The minimum atomic E-state index is 0.629. The summed E-state index contributed by atoms with van der Waals surface area (Å²) in [5.41, 5.74) is 1.08. The number of furan rings is 1. The molecule has 4 rings (SSSR count). The maximum atomic E-state index is 5.50. The Balaban J connectivity index is 1.33. The molecule has 124 valence electrons. The van der Waals surface area contributed by atoms with Gasteiger partial charge in [0.2, 0.25) is 0 Å². The summed E-state index contributed by atoms with van der Waals surface area (Å²) in [5, 5.41) is 5.15. The fourth-order valence-electron chi connectivity index (χ4n) is 2.78. The predicted octanol–water partition coefficient (Wildman–Crippen LogP) is 3.09. The highest BCUT2D eigenvalue weighted by molar-refractivity contribution is 7.80. The molecule has 0 unspecified atom stereocenters. The van der Waals surface area contributed by atoms with Gasteiger partial charge in [-0.3, -0.25) is 0 Å². The van der Waals surface area contributed by atoms with Crippen LogP contribution in [0, 0.1) is 0 Å². The van der Waals surface area contributed by atoms with Crippen molar-refractivity contribution >= 4 is 44.0 Å². The van der Waals surface area contributed by atoms with Crippen LogP contribution in [0.4, 0.5) is 5.13 Å². The number of anilines is 1. The summed E-state index contributed by atoms with van der Waals surface area (Å²) >= 11 is 7.25. The van der Waals surface area contributed by atoms with Crippen LogP contribution in [0.5, 0.6) is 0 Å². The van der Waals surface area contributed by atoms with Gasteiger partial charge in [-0.1, -0.05) is 23.5 Å². The first-order valence-corrected chi connectivity index (χ1v) is 9.18. The number of thiocarbonyl (C=S) groups is 1. The Kier molecular flexibility index (Phi) is 4.36. The van der Waals surface area contributed by atoms with Gasteiger partial charge in [0.25, 0.3) is 0 Å². The molecular formula is C17H18N4OS2. The van der Waals surface area contributed by atoms with Crippen molar-refractivity contribution in [1.82, 2.24) is 15.2 Å². The number of aromatic nitrogens is 1. The van der Waals surface area contributed by atoms with Crippen molar-refractivity contribution in [3.8, 4) is 0 Å². The summed E-state index contributed by atoms with van der Waals surface area (Å²) in [6.45, 7) is 4.30. The lowest BCUT2D eigenvalue weighted by molar-refractivity contribution is 0.377. The lowest BCUT2D eigenvalue weighted by atomic mass is 10.3. The van der Waals surface area contributed by atoms with E-state index in [2.05, 4.69) is 33.3 Å². The van der Waals surface area contributed by atoms with Gasteiger partial charge in [0, 0.05) is 26.2 Å². The molecule has 3 aromatic rings. The van der Waals surface area contributed by atoms with Crippen molar-refractivity contribution in [3.05, 3.63) is 48.4 Å². The Hall–Kier alpha value is -2.12. The number of para-hydroxylation sites is 1. The van der Waals surface area contributed by atoms with Gasteiger partial charge in [0.1, 0.15) is 5.76 Å². The minimum Gasteiger partial charge on any atom is -0.467 e. The topological polar surface area (TPSA) is 44.5 Å². The molecule has 0 atom stereocenters. The maximum absolute atomic E-state index is 5.50. The molecule has 1 saturated heterocycles. The summed E-state index contributed by atoms with van der Waals surface area (Å²) < 4.78 is 6.56. The van der Waals surface area contributed by atoms with Crippen molar-refractivity contribution in [2.75, 3.05) is 31.1 Å². The first-order chi connectivity index (χ1) is 11.8. The Labute approximate surface area is 149 Å². The second kappa shape index (κ2) is 6.78. The highest BCUT2D eigenvalue weighted by Crippen LogP contribution is 2.29. The van der Waals surface area contributed by atoms with Crippen LogP contribution in [-0.2, 0) is 6.54 Å². The Bertz CT molecular complexity index is 789. The van der Waals surface area contributed by atoms with E-state index in [1.165, 1.54) is 4.70 Å². The molecule has 1 aliphatic rings. The molecule has 0 aliphatic carbocycles. The van der Waals surface area contributed by atoms with E-state index in [0.717, 1.165) is 47.7 Å². The Morgan fingerprint density at radius 1 is 1.17 bits per heavy atom. The van der Waals surface area contributed by atoms with E-state index in [9.17, 15) is 0 Å². The second-order valence-corrected chi connectivity index (χ2v) is 7.07. The van der Waals surface area contributed by atoms with E-state index in [4.69, 9.17) is 21.6 Å². The normalized spacial score (nSPS) is 15.0. The van der Waals surface area contributed by atoms with Crippen LogP contribution < -0.4 is 10.2 Å². The van der Waals surface area contributed by atoms with Crippen molar-refractivity contribution in [2.24, 2.45) is 0 Å². The number of hydrogen-bond donors (Lipinski definition) is 1. The van der Waals surface area contributed by atoms with Crippen LogP contribution in [0.1, 0.15) is 5.76 Å². The number of hydrogen-bond acceptors (Lipinski definition) is 5. The smallest absolute Gasteiger partial charge is 0.186 e. The highest BCUT2D eigenvalue weighted by Gasteiger charge is 2.21. The zero-order chi connectivity index (χ0) is 16.4. The third-order valence-corrected chi connectivity index (χ3v) is 5.61. The molecule has 24 heavy (non-hydrogen) atoms. The van der Waals surface area contributed by atoms with Crippen molar-refractivity contribution < 1.29 is 4.42 Å². The first kappa shape index (κ1) is 15.4. The van der Waals surface area contributed by atoms with Crippen molar-refractivity contribution in [3.63, 3.8) is 0 Å². The van der Waals surface area contributed by atoms with E-state index in [0.29, 0.717) is 6.54 Å². The summed E-state index contributed by atoms with van der Waals surface area (Å²) in [7, 11) is 0. The zero-order valence-corrected chi connectivity index (χ0v) is 14.8. The second-order valence-electron chi connectivity index (χ2n) is 5.68. The molecular weight excluding hydrogens is 340 g/mol. The average Bonchev–Trinajstić information content (AvgIpc) is 3.29. The molecule has 0 saturated carbocycles. The van der Waals surface area contributed by atoms with E-state index in [-0.39, 0.29) is 0 Å². The predicted molar refractivity (Wildman–Crippen MR) is 102 cm³/mol. The van der Waals surface area contributed by atoms with Crippen LogP contribution in [0.15, 0.2) is 47.1 Å². The Morgan fingerprint density at radius 3 is 2.75 bits per heavy atom. The summed E-state index contributed by atoms with van der Waals surface area (Å²) in [6.07, 6.45) is 1.68. The molecule has 1 aromatic carbocycles. The molecule has 7 heteroatoms. The van der Waals surface area contributed by atoms with Gasteiger partial charge < -0.3 is 19.5 Å². The van der Waals surface area contributed by atoms with Crippen LogP contribution in [0.3, 0.4) is 0 Å². The number of rotatable bonds is 3. The third-order valence-electron chi connectivity index (χ3n) is 4.11. The van der Waals surface area contributed by atoms with Crippen LogP contribution in [-0.4, -0.2) is 41.2 Å². The van der Waals surface area contributed by atoms with Gasteiger partial charge in [0.05, 0.1) is 23.0 Å². The first-order valence-electron chi connectivity index (χ1n) is 7.95. The standard InChI is InChI=1S/C17H18N4OS2/c23-16(18-12-13-4-3-11-22-13)20-7-9-21(10-8-20)17-19-14-5-1-2-6-15(14)24-17/h1-6,11H,7-10,12H2,(H,18,23). The highest BCUT2D eigenvalue weighted by atomic mass is 32.1. The summed E-state index contributed by atoms with van der Waals surface area (Å²) in [5.74, 6) is 0.894. The molecule has 0 spiro atoms. The number of piperazine rings is 1. The largest absolute Gasteiger partial charge is 0.467 e. The van der Waals surface area contributed by atoms with Crippen molar-refractivity contribution in [1.29, 1.82) is 0 Å². The number of nitrogens with one attached hydrogen (secondary N) is 1. The number of thiazole rings is 1.